The van der Waals surface area contributed by atoms with E-state index in [0.717, 1.165) is 24.1 Å². The minimum Gasteiger partial charge on any atom is -0.255 e. The van der Waals surface area contributed by atoms with Crippen LogP contribution in [0.1, 0.15) is 18.9 Å². The number of nitrogens with zero attached hydrogens (tertiary/aromatic N) is 2. The van der Waals surface area contributed by atoms with Crippen molar-refractivity contribution in [3.05, 3.63) is 29.8 Å². The summed E-state index contributed by atoms with van der Waals surface area (Å²) in [7, 11) is -0.258. The highest BCUT2D eigenvalue weighted by atomic mass is 32.2. The van der Waals surface area contributed by atoms with Crippen LogP contribution in [0.2, 0.25) is 0 Å². The van der Waals surface area contributed by atoms with Gasteiger partial charge in [0.15, 0.2) is 0 Å². The van der Waals surface area contributed by atoms with Crippen LogP contribution in [0.25, 0.3) is 0 Å². The summed E-state index contributed by atoms with van der Waals surface area (Å²) in [4.78, 5) is 0. The fraction of sp³-hybridized carbons (Fsp3) is 0.500. The van der Waals surface area contributed by atoms with Crippen molar-refractivity contribution in [2.45, 2.75) is 25.8 Å². The molecule has 0 radical (unpaired) electrons. The fourth-order valence-corrected chi connectivity index (χ4v) is 3.52. The highest BCUT2D eigenvalue weighted by Crippen LogP contribution is 2.33. The molecule has 94 valence electrons. The Bertz CT molecular complexity index is 511. The summed E-state index contributed by atoms with van der Waals surface area (Å²) < 4.78 is 27.4. The van der Waals surface area contributed by atoms with Crippen LogP contribution in [0.5, 0.6) is 0 Å². The molecular formula is C12H18N2O2S. The maximum atomic E-state index is 12.3. The van der Waals surface area contributed by atoms with Gasteiger partial charge < -0.3 is 0 Å². The number of fused-ring (bicyclic) bond motifs is 1. The summed E-state index contributed by atoms with van der Waals surface area (Å²) in [6.45, 7) is 1.96. The lowest BCUT2D eigenvalue weighted by molar-refractivity contribution is 0.499. The fourth-order valence-electron chi connectivity index (χ4n) is 2.18. The average Bonchev–Trinajstić information content (AvgIpc) is 2.28. The van der Waals surface area contributed by atoms with Crippen molar-refractivity contribution < 1.29 is 8.42 Å². The van der Waals surface area contributed by atoms with Crippen molar-refractivity contribution in [2.24, 2.45) is 0 Å². The predicted octanol–water partition coefficient (Wildman–Crippen LogP) is 1.63. The van der Waals surface area contributed by atoms with Gasteiger partial charge in [-0.05, 0) is 31.4 Å². The molecule has 1 atom stereocenters. The third-order valence-electron chi connectivity index (χ3n) is 3.17. The first kappa shape index (κ1) is 12.4. The third-order valence-corrected chi connectivity index (χ3v) is 5.15. The lowest BCUT2D eigenvalue weighted by Gasteiger charge is -2.37. The van der Waals surface area contributed by atoms with Crippen molar-refractivity contribution in [1.82, 2.24) is 4.31 Å². The topological polar surface area (TPSA) is 40.6 Å². The molecule has 0 saturated carbocycles. The second-order valence-corrected chi connectivity index (χ2v) is 6.62. The van der Waals surface area contributed by atoms with Gasteiger partial charge in [-0.3, -0.25) is 4.31 Å². The molecule has 0 aromatic heterocycles. The summed E-state index contributed by atoms with van der Waals surface area (Å²) in [5.74, 6) is 0. The van der Waals surface area contributed by atoms with E-state index in [0.29, 0.717) is 0 Å². The minimum absolute atomic E-state index is 0.0114. The maximum Gasteiger partial charge on any atom is 0.303 e. The van der Waals surface area contributed by atoms with Crippen LogP contribution in [0.3, 0.4) is 0 Å². The molecule has 1 unspecified atom stereocenters. The van der Waals surface area contributed by atoms with Gasteiger partial charge in [-0.1, -0.05) is 18.2 Å². The summed E-state index contributed by atoms with van der Waals surface area (Å²) >= 11 is 0. The molecular weight excluding hydrogens is 236 g/mol. The number of hydrogen-bond acceptors (Lipinski definition) is 2. The summed E-state index contributed by atoms with van der Waals surface area (Å²) in [5, 5.41) is 0. The molecule has 1 aliphatic heterocycles. The SMILES string of the molecule is CC1CCc2ccccc2N1S(=O)(=O)N(C)C. The van der Waals surface area contributed by atoms with E-state index in [1.165, 1.54) is 8.61 Å². The van der Waals surface area contributed by atoms with Crippen LogP contribution >= 0.6 is 0 Å². The van der Waals surface area contributed by atoms with Crippen LogP contribution in [0, 0.1) is 0 Å². The smallest absolute Gasteiger partial charge is 0.255 e. The largest absolute Gasteiger partial charge is 0.303 e. The molecule has 4 nitrogen and oxygen atoms in total. The predicted molar refractivity (Wildman–Crippen MR) is 69.3 cm³/mol. The van der Waals surface area contributed by atoms with E-state index in [4.69, 9.17) is 0 Å². The van der Waals surface area contributed by atoms with Gasteiger partial charge in [0.05, 0.1) is 5.69 Å². The molecule has 1 aliphatic rings. The van der Waals surface area contributed by atoms with E-state index in [9.17, 15) is 8.42 Å². The van der Waals surface area contributed by atoms with Crippen molar-refractivity contribution in [3.8, 4) is 0 Å². The van der Waals surface area contributed by atoms with Crippen LogP contribution < -0.4 is 4.31 Å². The Balaban J connectivity index is 2.54. The molecule has 0 aliphatic carbocycles. The monoisotopic (exact) mass is 254 g/mol. The van der Waals surface area contributed by atoms with Crippen molar-refractivity contribution in [2.75, 3.05) is 18.4 Å². The Morgan fingerprint density at radius 2 is 1.94 bits per heavy atom. The highest BCUT2D eigenvalue weighted by molar-refractivity contribution is 7.90. The van der Waals surface area contributed by atoms with E-state index < -0.39 is 10.2 Å². The molecule has 1 aromatic rings. The van der Waals surface area contributed by atoms with Crippen LogP contribution in [-0.2, 0) is 16.6 Å². The minimum atomic E-state index is -3.40. The molecule has 1 heterocycles. The van der Waals surface area contributed by atoms with Crippen LogP contribution in [-0.4, -0.2) is 32.9 Å². The second-order valence-electron chi connectivity index (χ2n) is 4.60. The molecule has 0 saturated heterocycles. The molecule has 0 bridgehead atoms. The third kappa shape index (κ3) is 2.05. The Morgan fingerprint density at radius 3 is 2.59 bits per heavy atom. The van der Waals surface area contributed by atoms with Gasteiger partial charge in [-0.2, -0.15) is 12.7 Å². The zero-order valence-electron chi connectivity index (χ0n) is 10.4. The maximum absolute atomic E-state index is 12.3. The molecule has 0 fully saturated rings. The molecule has 2 rings (SSSR count). The van der Waals surface area contributed by atoms with E-state index in [1.54, 1.807) is 14.1 Å². The van der Waals surface area contributed by atoms with Gasteiger partial charge in [0.25, 0.3) is 0 Å². The highest BCUT2D eigenvalue weighted by Gasteiger charge is 2.33. The van der Waals surface area contributed by atoms with Gasteiger partial charge in [-0.15, -0.1) is 0 Å². The quantitative estimate of drug-likeness (QED) is 0.805. The standard InChI is InChI=1S/C12H18N2O2S/c1-10-8-9-11-6-4-5-7-12(11)14(10)17(15,16)13(2)3/h4-7,10H,8-9H2,1-3H3. The summed E-state index contributed by atoms with van der Waals surface area (Å²) in [6.07, 6.45) is 1.81. The molecule has 0 N–H and O–H groups in total. The zero-order chi connectivity index (χ0) is 12.6. The van der Waals surface area contributed by atoms with Gasteiger partial charge in [0.2, 0.25) is 0 Å². The zero-order valence-corrected chi connectivity index (χ0v) is 11.2. The first-order valence-electron chi connectivity index (χ1n) is 5.74. The number of hydrogen-bond donors (Lipinski definition) is 0. The van der Waals surface area contributed by atoms with Crippen LogP contribution in [0.4, 0.5) is 5.69 Å². The molecule has 0 amide bonds. The average molecular weight is 254 g/mol. The van der Waals surface area contributed by atoms with E-state index >= 15 is 0 Å². The summed E-state index contributed by atoms with van der Waals surface area (Å²) in [5.41, 5.74) is 1.93. The van der Waals surface area contributed by atoms with Crippen molar-refractivity contribution in [1.29, 1.82) is 0 Å². The number of benzene rings is 1. The second kappa shape index (κ2) is 4.31. The lowest BCUT2D eigenvalue weighted by atomic mass is 9.99. The Kier molecular flexibility index (Phi) is 3.14. The summed E-state index contributed by atoms with van der Waals surface area (Å²) in [6, 6.07) is 7.73. The van der Waals surface area contributed by atoms with Crippen molar-refractivity contribution in [3.63, 3.8) is 0 Å². The van der Waals surface area contributed by atoms with Gasteiger partial charge >= 0.3 is 10.2 Å². The molecule has 0 spiro atoms. The Labute approximate surface area is 103 Å². The van der Waals surface area contributed by atoms with Gasteiger partial charge in [0.1, 0.15) is 0 Å². The molecule has 5 heteroatoms. The van der Waals surface area contributed by atoms with Crippen molar-refractivity contribution >= 4 is 15.9 Å². The Morgan fingerprint density at radius 1 is 1.29 bits per heavy atom. The van der Waals surface area contributed by atoms with Crippen LogP contribution in [0.15, 0.2) is 24.3 Å². The Hall–Kier alpha value is -1.07. The van der Waals surface area contributed by atoms with Gasteiger partial charge in [-0.25, -0.2) is 0 Å². The number of para-hydroxylation sites is 1. The van der Waals surface area contributed by atoms with E-state index in [1.807, 2.05) is 31.2 Å². The number of rotatable bonds is 2. The first-order chi connectivity index (χ1) is 7.94. The van der Waals surface area contributed by atoms with E-state index in [-0.39, 0.29) is 6.04 Å². The lowest BCUT2D eigenvalue weighted by Crippen LogP contribution is -2.47. The van der Waals surface area contributed by atoms with E-state index in [2.05, 4.69) is 0 Å². The first-order valence-corrected chi connectivity index (χ1v) is 7.14. The molecule has 17 heavy (non-hydrogen) atoms. The normalized spacial score (nSPS) is 20.5. The molecule has 1 aromatic carbocycles. The number of aryl methyl sites for hydroxylation is 1. The van der Waals surface area contributed by atoms with Gasteiger partial charge in [0, 0.05) is 20.1 Å². The number of anilines is 1.